The lowest BCUT2D eigenvalue weighted by Crippen LogP contribution is -2.24. The molecule has 0 spiro atoms. The average molecular weight is 330 g/mol. The van der Waals surface area contributed by atoms with Crippen molar-refractivity contribution >= 4 is 23.2 Å². The third kappa shape index (κ3) is 3.20. The number of hydrogen-bond donors (Lipinski definition) is 1. The first kappa shape index (κ1) is 16.2. The monoisotopic (exact) mass is 329 g/mol. The molecule has 1 N–H and O–H groups in total. The van der Waals surface area contributed by atoms with Crippen LogP contribution in [0.5, 0.6) is 0 Å². The van der Waals surface area contributed by atoms with Crippen molar-refractivity contribution in [1.82, 2.24) is 5.32 Å². The fourth-order valence-electron chi connectivity index (χ4n) is 2.22. The molecule has 1 nitrogen and oxygen atoms in total. The van der Waals surface area contributed by atoms with E-state index >= 15 is 0 Å². The van der Waals surface area contributed by atoms with Crippen molar-refractivity contribution in [3.63, 3.8) is 0 Å². The molecule has 2 aromatic rings. The van der Waals surface area contributed by atoms with E-state index in [-0.39, 0.29) is 11.1 Å². The summed E-state index contributed by atoms with van der Waals surface area (Å²) in [6, 6.07) is 7.70. The number of aryl methyl sites for hydroxylation is 1. The molecule has 0 amide bonds. The first-order valence-corrected chi connectivity index (χ1v) is 7.34. The van der Waals surface area contributed by atoms with Crippen molar-refractivity contribution in [2.45, 2.75) is 19.9 Å². The minimum atomic E-state index is -0.864. The van der Waals surface area contributed by atoms with Gasteiger partial charge in [0.15, 0.2) is 11.6 Å². The Bertz CT molecular complexity index is 659. The number of halogens is 4. The number of rotatable bonds is 4. The van der Waals surface area contributed by atoms with Crippen molar-refractivity contribution in [2.75, 3.05) is 6.54 Å². The van der Waals surface area contributed by atoms with Gasteiger partial charge in [0.2, 0.25) is 0 Å². The highest BCUT2D eigenvalue weighted by atomic mass is 35.5. The number of hydrogen-bond acceptors (Lipinski definition) is 1. The number of benzene rings is 2. The van der Waals surface area contributed by atoms with Crippen molar-refractivity contribution in [3.05, 3.63) is 68.7 Å². The van der Waals surface area contributed by atoms with Crippen LogP contribution in [0.15, 0.2) is 30.3 Å². The van der Waals surface area contributed by atoms with E-state index in [1.54, 1.807) is 30.3 Å². The summed E-state index contributed by atoms with van der Waals surface area (Å²) in [5.74, 6) is -1.70. The van der Waals surface area contributed by atoms with Crippen molar-refractivity contribution in [1.29, 1.82) is 0 Å². The van der Waals surface area contributed by atoms with Crippen LogP contribution < -0.4 is 5.32 Å². The van der Waals surface area contributed by atoms with Gasteiger partial charge in [-0.25, -0.2) is 8.78 Å². The summed E-state index contributed by atoms with van der Waals surface area (Å²) in [6.45, 7) is 3.98. The Kier molecular flexibility index (Phi) is 5.20. The van der Waals surface area contributed by atoms with Gasteiger partial charge in [0.05, 0.1) is 16.1 Å². The van der Waals surface area contributed by atoms with Crippen molar-refractivity contribution in [2.24, 2.45) is 0 Å². The summed E-state index contributed by atoms with van der Waals surface area (Å²) in [7, 11) is 0. The van der Waals surface area contributed by atoms with E-state index in [1.807, 2.05) is 6.92 Å². The molecule has 0 aliphatic heterocycles. The maximum atomic E-state index is 14.3. The van der Waals surface area contributed by atoms with Crippen molar-refractivity contribution < 1.29 is 8.78 Å². The van der Waals surface area contributed by atoms with Crippen LogP contribution in [0.1, 0.15) is 29.7 Å². The van der Waals surface area contributed by atoms with Gasteiger partial charge in [-0.2, -0.15) is 0 Å². The molecule has 1 atom stereocenters. The highest BCUT2D eigenvalue weighted by molar-refractivity contribution is 6.42. The molecular formula is C16H15Cl2F2N. The maximum Gasteiger partial charge on any atom is 0.164 e. The molecule has 0 aliphatic rings. The fourth-order valence-corrected chi connectivity index (χ4v) is 2.64. The Hall–Kier alpha value is -1.16. The maximum absolute atomic E-state index is 14.3. The smallest absolute Gasteiger partial charge is 0.164 e. The Labute approximate surface area is 132 Å². The van der Waals surface area contributed by atoms with Gasteiger partial charge in [-0.1, -0.05) is 54.4 Å². The van der Waals surface area contributed by atoms with Gasteiger partial charge in [-0.3, -0.25) is 0 Å². The molecule has 0 saturated heterocycles. The lowest BCUT2D eigenvalue weighted by molar-refractivity contribution is 0.478. The Morgan fingerprint density at radius 3 is 2.43 bits per heavy atom. The molecule has 0 fully saturated rings. The third-order valence-electron chi connectivity index (χ3n) is 3.32. The predicted molar refractivity (Wildman–Crippen MR) is 83.1 cm³/mol. The SMILES string of the molecule is CCNC(c1ccc(C)c(F)c1F)c1cccc(Cl)c1Cl. The van der Waals surface area contributed by atoms with E-state index in [0.717, 1.165) is 0 Å². The second kappa shape index (κ2) is 6.73. The van der Waals surface area contributed by atoms with E-state index in [4.69, 9.17) is 23.2 Å². The summed E-state index contributed by atoms with van der Waals surface area (Å²) in [5.41, 5.74) is 1.10. The largest absolute Gasteiger partial charge is 0.306 e. The Morgan fingerprint density at radius 2 is 1.76 bits per heavy atom. The lowest BCUT2D eigenvalue weighted by Gasteiger charge is -2.21. The van der Waals surface area contributed by atoms with Gasteiger partial charge in [-0.15, -0.1) is 0 Å². The summed E-state index contributed by atoms with van der Waals surface area (Å²) in [4.78, 5) is 0. The highest BCUT2D eigenvalue weighted by Crippen LogP contribution is 2.34. The first-order valence-electron chi connectivity index (χ1n) is 6.59. The summed E-state index contributed by atoms with van der Waals surface area (Å²) < 4.78 is 28.1. The summed E-state index contributed by atoms with van der Waals surface area (Å²) >= 11 is 12.2. The van der Waals surface area contributed by atoms with E-state index < -0.39 is 17.7 Å². The van der Waals surface area contributed by atoms with Crippen LogP contribution in [0.4, 0.5) is 8.78 Å². The van der Waals surface area contributed by atoms with Gasteiger partial charge in [0.1, 0.15) is 0 Å². The van der Waals surface area contributed by atoms with Crippen LogP contribution in [0.25, 0.3) is 0 Å². The van der Waals surface area contributed by atoms with Gasteiger partial charge in [-0.05, 0) is 30.7 Å². The zero-order valence-electron chi connectivity index (χ0n) is 11.7. The average Bonchev–Trinajstić information content (AvgIpc) is 2.46. The molecule has 2 aromatic carbocycles. The fraction of sp³-hybridized carbons (Fsp3) is 0.250. The second-order valence-electron chi connectivity index (χ2n) is 4.73. The van der Waals surface area contributed by atoms with Crippen LogP contribution in [0.2, 0.25) is 10.0 Å². The minimum Gasteiger partial charge on any atom is -0.306 e. The van der Waals surface area contributed by atoms with Crippen LogP contribution in [0.3, 0.4) is 0 Å². The standard InChI is InChI=1S/C16H15Cl2F2N/c1-3-21-16(10-5-4-6-12(17)13(10)18)11-8-7-9(2)14(19)15(11)20/h4-8,16,21H,3H2,1-2H3. The molecule has 0 aliphatic carbocycles. The van der Waals surface area contributed by atoms with Gasteiger partial charge in [0.25, 0.3) is 0 Å². The van der Waals surface area contributed by atoms with E-state index in [9.17, 15) is 8.78 Å². The molecule has 1 unspecified atom stereocenters. The van der Waals surface area contributed by atoms with Crippen LogP contribution in [-0.2, 0) is 0 Å². The van der Waals surface area contributed by atoms with Gasteiger partial charge in [0, 0.05) is 5.56 Å². The zero-order valence-corrected chi connectivity index (χ0v) is 13.2. The summed E-state index contributed by atoms with van der Waals surface area (Å²) in [5, 5.41) is 3.84. The van der Waals surface area contributed by atoms with Gasteiger partial charge >= 0.3 is 0 Å². The molecular weight excluding hydrogens is 315 g/mol. The lowest BCUT2D eigenvalue weighted by atomic mass is 9.96. The normalized spacial score (nSPS) is 12.5. The Morgan fingerprint density at radius 1 is 1.05 bits per heavy atom. The molecule has 21 heavy (non-hydrogen) atoms. The number of nitrogens with one attached hydrogen (secondary N) is 1. The topological polar surface area (TPSA) is 12.0 Å². The zero-order chi connectivity index (χ0) is 15.6. The second-order valence-corrected chi connectivity index (χ2v) is 5.52. The minimum absolute atomic E-state index is 0.212. The predicted octanol–water partition coefficient (Wildman–Crippen LogP) is 5.28. The van der Waals surface area contributed by atoms with Crippen LogP contribution in [0, 0.1) is 18.6 Å². The molecule has 112 valence electrons. The molecule has 0 saturated carbocycles. The molecule has 0 aromatic heterocycles. The van der Waals surface area contributed by atoms with Gasteiger partial charge < -0.3 is 5.32 Å². The van der Waals surface area contributed by atoms with E-state index in [0.29, 0.717) is 22.2 Å². The van der Waals surface area contributed by atoms with E-state index in [2.05, 4.69) is 5.32 Å². The molecule has 0 bridgehead atoms. The molecule has 0 radical (unpaired) electrons. The van der Waals surface area contributed by atoms with Crippen LogP contribution in [-0.4, -0.2) is 6.54 Å². The Balaban J connectivity index is 2.59. The highest BCUT2D eigenvalue weighted by Gasteiger charge is 2.23. The molecule has 0 heterocycles. The summed E-state index contributed by atoms with van der Waals surface area (Å²) in [6.07, 6.45) is 0. The molecule has 2 rings (SSSR count). The first-order chi connectivity index (χ1) is 9.97. The third-order valence-corrected chi connectivity index (χ3v) is 4.15. The molecule has 5 heteroatoms. The van der Waals surface area contributed by atoms with Crippen LogP contribution >= 0.6 is 23.2 Å². The quantitative estimate of drug-likeness (QED) is 0.804. The van der Waals surface area contributed by atoms with E-state index in [1.165, 1.54) is 6.92 Å². The van der Waals surface area contributed by atoms with Crippen molar-refractivity contribution in [3.8, 4) is 0 Å².